The molecule has 6 N–H and O–H groups in total. The molecule has 0 saturated carbocycles. The van der Waals surface area contributed by atoms with E-state index in [2.05, 4.69) is 16.6 Å². The summed E-state index contributed by atoms with van der Waals surface area (Å²) >= 11 is 0. The minimum Gasteiger partial charge on any atom is -0.351 e. The Labute approximate surface area is 117 Å². The lowest BCUT2D eigenvalue weighted by molar-refractivity contribution is -0.122. The second-order valence-electron chi connectivity index (χ2n) is 4.36. The standard InChI is InChI=1S/C14H18N4O2/c1-3-4-12(15)13(19)17-9(2)10-5-7-11(8-6-10)18-14(16)20/h1,5-9,12H,4,15H2,2H3,(H,17,19)(H3,16,18,20). The van der Waals surface area contributed by atoms with Crippen LogP contribution in [0.25, 0.3) is 0 Å². The predicted octanol–water partition coefficient (Wildman–Crippen LogP) is 0.705. The molecule has 106 valence electrons. The lowest BCUT2D eigenvalue weighted by Gasteiger charge is -2.17. The molecule has 0 aliphatic carbocycles. The number of carbonyl (C=O) groups excluding carboxylic acids is 2. The van der Waals surface area contributed by atoms with Crippen molar-refractivity contribution in [2.24, 2.45) is 11.5 Å². The maximum Gasteiger partial charge on any atom is 0.316 e. The molecule has 0 bridgehead atoms. The van der Waals surface area contributed by atoms with Gasteiger partial charge in [0.05, 0.1) is 12.1 Å². The molecule has 2 atom stereocenters. The Bertz CT molecular complexity index is 519. The van der Waals surface area contributed by atoms with E-state index in [1.807, 2.05) is 6.92 Å². The van der Waals surface area contributed by atoms with Crippen molar-refractivity contribution in [2.75, 3.05) is 5.32 Å². The van der Waals surface area contributed by atoms with Crippen LogP contribution in [0.2, 0.25) is 0 Å². The van der Waals surface area contributed by atoms with Gasteiger partial charge >= 0.3 is 6.03 Å². The van der Waals surface area contributed by atoms with Crippen LogP contribution in [0.1, 0.15) is 24.9 Å². The van der Waals surface area contributed by atoms with Gasteiger partial charge in [0, 0.05) is 12.1 Å². The summed E-state index contributed by atoms with van der Waals surface area (Å²) < 4.78 is 0. The summed E-state index contributed by atoms with van der Waals surface area (Å²) in [7, 11) is 0. The molecular formula is C14H18N4O2. The van der Waals surface area contributed by atoms with Crippen molar-refractivity contribution in [1.29, 1.82) is 0 Å². The van der Waals surface area contributed by atoms with Gasteiger partial charge in [0.1, 0.15) is 0 Å². The summed E-state index contributed by atoms with van der Waals surface area (Å²) in [6.07, 6.45) is 5.31. The fraction of sp³-hybridized carbons (Fsp3) is 0.286. The molecule has 1 aromatic rings. The van der Waals surface area contributed by atoms with Crippen LogP contribution in [0, 0.1) is 12.3 Å². The number of hydrogen-bond acceptors (Lipinski definition) is 3. The van der Waals surface area contributed by atoms with Crippen molar-refractivity contribution in [1.82, 2.24) is 5.32 Å². The number of rotatable bonds is 5. The normalized spacial score (nSPS) is 12.8. The maximum absolute atomic E-state index is 11.7. The van der Waals surface area contributed by atoms with E-state index in [1.54, 1.807) is 24.3 Å². The molecule has 0 aromatic heterocycles. The van der Waals surface area contributed by atoms with Crippen LogP contribution in [0.5, 0.6) is 0 Å². The summed E-state index contributed by atoms with van der Waals surface area (Å²) in [5, 5.41) is 5.23. The number of urea groups is 1. The van der Waals surface area contributed by atoms with E-state index in [0.29, 0.717) is 5.69 Å². The van der Waals surface area contributed by atoms with Gasteiger partial charge in [0.2, 0.25) is 5.91 Å². The summed E-state index contributed by atoms with van der Waals surface area (Å²) in [5.41, 5.74) is 12.1. The Morgan fingerprint density at radius 1 is 1.35 bits per heavy atom. The molecule has 0 aliphatic heterocycles. The molecule has 20 heavy (non-hydrogen) atoms. The van der Waals surface area contributed by atoms with E-state index in [9.17, 15) is 9.59 Å². The van der Waals surface area contributed by atoms with E-state index >= 15 is 0 Å². The van der Waals surface area contributed by atoms with Gasteiger partial charge < -0.3 is 22.1 Å². The number of nitrogens with two attached hydrogens (primary N) is 2. The lowest BCUT2D eigenvalue weighted by Crippen LogP contribution is -2.41. The molecule has 0 spiro atoms. The quantitative estimate of drug-likeness (QED) is 0.593. The van der Waals surface area contributed by atoms with Gasteiger partial charge in [0.25, 0.3) is 0 Å². The number of benzene rings is 1. The summed E-state index contributed by atoms with van der Waals surface area (Å²) in [6, 6.07) is 5.41. The molecule has 6 heteroatoms. The monoisotopic (exact) mass is 274 g/mol. The molecule has 6 nitrogen and oxygen atoms in total. The molecule has 3 amide bonds. The molecule has 0 fully saturated rings. The number of anilines is 1. The zero-order valence-corrected chi connectivity index (χ0v) is 11.2. The number of primary amides is 1. The highest BCUT2D eigenvalue weighted by molar-refractivity contribution is 5.87. The Morgan fingerprint density at radius 2 is 1.95 bits per heavy atom. The molecule has 0 saturated heterocycles. The summed E-state index contributed by atoms with van der Waals surface area (Å²) in [5.74, 6) is 2.05. The van der Waals surface area contributed by atoms with Gasteiger partial charge in [-0.05, 0) is 24.6 Å². The first-order valence-electron chi connectivity index (χ1n) is 6.10. The van der Waals surface area contributed by atoms with E-state index < -0.39 is 12.1 Å². The lowest BCUT2D eigenvalue weighted by atomic mass is 10.1. The van der Waals surface area contributed by atoms with Gasteiger partial charge in [-0.3, -0.25) is 4.79 Å². The van der Waals surface area contributed by atoms with E-state index in [-0.39, 0.29) is 18.4 Å². The van der Waals surface area contributed by atoms with Crippen molar-refractivity contribution >= 4 is 17.6 Å². The minimum absolute atomic E-state index is 0.194. The zero-order valence-electron chi connectivity index (χ0n) is 11.2. The molecule has 0 heterocycles. The molecule has 1 aromatic carbocycles. The third-order valence-corrected chi connectivity index (χ3v) is 2.71. The van der Waals surface area contributed by atoms with Gasteiger partial charge in [-0.15, -0.1) is 12.3 Å². The molecule has 2 unspecified atom stereocenters. The predicted molar refractivity (Wildman–Crippen MR) is 77.6 cm³/mol. The summed E-state index contributed by atoms with van der Waals surface area (Å²) in [6.45, 7) is 1.83. The molecule has 1 rings (SSSR count). The second-order valence-corrected chi connectivity index (χ2v) is 4.36. The second kappa shape index (κ2) is 7.16. The average Bonchev–Trinajstić information content (AvgIpc) is 2.39. The fourth-order valence-corrected chi connectivity index (χ4v) is 1.62. The number of hydrogen-bond donors (Lipinski definition) is 4. The third kappa shape index (κ3) is 4.63. The van der Waals surface area contributed by atoms with Crippen molar-refractivity contribution in [2.45, 2.75) is 25.4 Å². The Balaban J connectivity index is 2.64. The van der Waals surface area contributed by atoms with Crippen LogP contribution in [-0.4, -0.2) is 18.0 Å². The Morgan fingerprint density at radius 3 is 2.45 bits per heavy atom. The van der Waals surface area contributed by atoms with E-state index in [4.69, 9.17) is 17.9 Å². The van der Waals surface area contributed by atoms with Crippen molar-refractivity contribution < 1.29 is 9.59 Å². The molecular weight excluding hydrogens is 256 g/mol. The molecule has 0 aliphatic rings. The smallest absolute Gasteiger partial charge is 0.316 e. The first kappa shape index (κ1) is 15.5. The van der Waals surface area contributed by atoms with Crippen molar-refractivity contribution in [3.8, 4) is 12.3 Å². The zero-order chi connectivity index (χ0) is 15.1. The van der Waals surface area contributed by atoms with Crippen molar-refractivity contribution in [3.63, 3.8) is 0 Å². The third-order valence-electron chi connectivity index (χ3n) is 2.71. The maximum atomic E-state index is 11.7. The van der Waals surface area contributed by atoms with E-state index in [0.717, 1.165) is 5.56 Å². The topological polar surface area (TPSA) is 110 Å². The highest BCUT2D eigenvalue weighted by Crippen LogP contribution is 2.16. The van der Waals surface area contributed by atoms with Crippen LogP contribution in [0.4, 0.5) is 10.5 Å². The first-order valence-corrected chi connectivity index (χ1v) is 6.10. The van der Waals surface area contributed by atoms with Gasteiger partial charge in [-0.2, -0.15) is 0 Å². The number of amides is 3. The Kier molecular flexibility index (Phi) is 5.56. The number of carbonyl (C=O) groups is 2. The van der Waals surface area contributed by atoms with Crippen LogP contribution in [-0.2, 0) is 4.79 Å². The highest BCUT2D eigenvalue weighted by atomic mass is 16.2. The SMILES string of the molecule is C#CCC(N)C(=O)NC(C)c1ccc(NC(N)=O)cc1. The van der Waals surface area contributed by atoms with Crippen LogP contribution < -0.4 is 22.1 Å². The van der Waals surface area contributed by atoms with Gasteiger partial charge in [-0.1, -0.05) is 12.1 Å². The van der Waals surface area contributed by atoms with Crippen LogP contribution >= 0.6 is 0 Å². The van der Waals surface area contributed by atoms with Crippen LogP contribution in [0.3, 0.4) is 0 Å². The Hall–Kier alpha value is -2.52. The number of nitrogens with one attached hydrogen (secondary N) is 2. The van der Waals surface area contributed by atoms with Gasteiger partial charge in [-0.25, -0.2) is 4.79 Å². The molecule has 0 radical (unpaired) electrons. The average molecular weight is 274 g/mol. The summed E-state index contributed by atoms with van der Waals surface area (Å²) in [4.78, 5) is 22.4. The first-order chi connectivity index (χ1) is 9.43. The number of terminal acetylenes is 1. The van der Waals surface area contributed by atoms with Crippen LogP contribution in [0.15, 0.2) is 24.3 Å². The fourth-order valence-electron chi connectivity index (χ4n) is 1.62. The highest BCUT2D eigenvalue weighted by Gasteiger charge is 2.15. The largest absolute Gasteiger partial charge is 0.351 e. The van der Waals surface area contributed by atoms with E-state index in [1.165, 1.54) is 0 Å². The minimum atomic E-state index is -0.710. The van der Waals surface area contributed by atoms with Crippen molar-refractivity contribution in [3.05, 3.63) is 29.8 Å². The van der Waals surface area contributed by atoms with Gasteiger partial charge in [0.15, 0.2) is 0 Å².